The van der Waals surface area contributed by atoms with E-state index in [9.17, 15) is 8.78 Å². The lowest BCUT2D eigenvalue weighted by atomic mass is 10.0. The van der Waals surface area contributed by atoms with Gasteiger partial charge in [-0.2, -0.15) is 0 Å². The van der Waals surface area contributed by atoms with Gasteiger partial charge in [0.1, 0.15) is 22.7 Å². The predicted molar refractivity (Wildman–Crippen MR) is 146 cm³/mol. The van der Waals surface area contributed by atoms with Crippen LogP contribution in [0.2, 0.25) is 5.02 Å². The molecule has 6 rings (SSSR count). The van der Waals surface area contributed by atoms with Crippen molar-refractivity contribution in [2.24, 2.45) is 0 Å². The lowest BCUT2D eigenvalue weighted by molar-refractivity contribution is 0.413. The molecule has 0 amide bonds. The minimum absolute atomic E-state index is 0.272. The average molecular weight is 542 g/mol. The fourth-order valence-electron chi connectivity index (χ4n) is 4.11. The van der Waals surface area contributed by atoms with E-state index in [-0.39, 0.29) is 5.82 Å². The van der Waals surface area contributed by atoms with Gasteiger partial charge in [0.25, 0.3) is 0 Å². The number of nitrogens with zero attached hydrogens (tertiary/aromatic N) is 4. The number of anilines is 2. The Morgan fingerprint density at radius 3 is 2.28 bits per heavy atom. The monoisotopic (exact) mass is 541 g/mol. The first-order valence-electron chi connectivity index (χ1n) is 11.7. The van der Waals surface area contributed by atoms with Gasteiger partial charge in [0, 0.05) is 45.4 Å². The van der Waals surface area contributed by atoms with E-state index in [2.05, 4.69) is 25.5 Å². The maximum absolute atomic E-state index is 14.3. The maximum atomic E-state index is 14.3. The summed E-state index contributed by atoms with van der Waals surface area (Å²) in [6.45, 7) is 0. The van der Waals surface area contributed by atoms with Crippen molar-refractivity contribution < 1.29 is 18.3 Å². The molecular weight excluding hydrogens is 524 g/mol. The van der Waals surface area contributed by atoms with Gasteiger partial charge in [-0.15, -0.1) is 10.2 Å². The molecule has 192 valence electrons. The Balaban J connectivity index is 1.30. The zero-order valence-corrected chi connectivity index (χ0v) is 21.1. The molecule has 0 unspecified atom stereocenters. The second-order valence-corrected chi connectivity index (χ2v) is 8.96. The number of ether oxygens (including phenoxy) is 2. The summed E-state index contributed by atoms with van der Waals surface area (Å²) >= 11 is 6.00. The van der Waals surface area contributed by atoms with Crippen molar-refractivity contribution in [3.05, 3.63) is 102 Å². The highest BCUT2D eigenvalue weighted by atomic mass is 35.5. The van der Waals surface area contributed by atoms with Crippen LogP contribution in [0.1, 0.15) is 0 Å². The van der Waals surface area contributed by atoms with Crippen LogP contribution in [0.4, 0.5) is 20.3 Å². The molecule has 0 aliphatic heterocycles. The van der Waals surface area contributed by atoms with E-state index in [0.717, 1.165) is 12.1 Å². The van der Waals surface area contributed by atoms with Gasteiger partial charge in [0.15, 0.2) is 23.2 Å². The lowest BCUT2D eigenvalue weighted by Gasteiger charge is -2.13. The molecule has 1 N–H and O–H groups in total. The van der Waals surface area contributed by atoms with Crippen molar-refractivity contribution in [2.45, 2.75) is 0 Å². The fourth-order valence-corrected chi connectivity index (χ4v) is 4.24. The quantitative estimate of drug-likeness (QED) is 0.231. The Bertz CT molecular complexity index is 1830. The lowest BCUT2D eigenvalue weighted by Crippen LogP contribution is -2.00. The summed E-state index contributed by atoms with van der Waals surface area (Å²) in [4.78, 5) is 8.71. The maximum Gasteiger partial charge on any atom is 0.161 e. The van der Waals surface area contributed by atoms with Crippen molar-refractivity contribution >= 4 is 44.9 Å². The number of benzene rings is 3. The molecule has 0 fully saturated rings. The highest BCUT2D eigenvalue weighted by molar-refractivity contribution is 6.30. The van der Waals surface area contributed by atoms with E-state index in [1.807, 2.05) is 0 Å². The minimum atomic E-state index is -0.986. The van der Waals surface area contributed by atoms with Crippen LogP contribution in [-0.2, 0) is 0 Å². The highest BCUT2D eigenvalue weighted by Crippen LogP contribution is 2.34. The number of nitrogens with one attached hydrogen (secondary N) is 1. The number of hydrogen-bond acceptors (Lipinski definition) is 7. The van der Waals surface area contributed by atoms with Gasteiger partial charge in [-0.3, -0.25) is 4.98 Å². The van der Waals surface area contributed by atoms with Crippen molar-refractivity contribution in [3.8, 4) is 28.5 Å². The first-order chi connectivity index (χ1) is 19.0. The second-order valence-electron chi connectivity index (χ2n) is 8.52. The number of fused-ring (bicyclic) bond motifs is 2. The van der Waals surface area contributed by atoms with Crippen molar-refractivity contribution in [3.63, 3.8) is 0 Å². The van der Waals surface area contributed by atoms with E-state index < -0.39 is 11.6 Å². The van der Waals surface area contributed by atoms with Crippen LogP contribution in [0, 0.1) is 11.6 Å². The Morgan fingerprint density at radius 1 is 0.795 bits per heavy atom. The summed E-state index contributed by atoms with van der Waals surface area (Å²) in [6.07, 6.45) is 3.23. The first-order valence-corrected chi connectivity index (χ1v) is 12.1. The largest absolute Gasteiger partial charge is 0.495 e. The molecule has 7 nitrogen and oxygen atoms in total. The molecule has 6 aromatic rings. The van der Waals surface area contributed by atoms with Gasteiger partial charge < -0.3 is 14.8 Å². The Kier molecular flexibility index (Phi) is 6.34. The van der Waals surface area contributed by atoms with Crippen LogP contribution >= 0.6 is 11.6 Å². The molecule has 3 aromatic carbocycles. The molecule has 0 atom stereocenters. The molecule has 10 heteroatoms. The minimum Gasteiger partial charge on any atom is -0.495 e. The van der Waals surface area contributed by atoms with Crippen LogP contribution in [0.25, 0.3) is 33.1 Å². The van der Waals surface area contributed by atoms with Crippen LogP contribution in [0.3, 0.4) is 0 Å². The number of aromatic nitrogens is 4. The summed E-state index contributed by atoms with van der Waals surface area (Å²) in [5.41, 5.74) is 2.96. The van der Waals surface area contributed by atoms with E-state index >= 15 is 0 Å². The molecule has 0 aliphatic carbocycles. The topological polar surface area (TPSA) is 82.0 Å². The van der Waals surface area contributed by atoms with Crippen molar-refractivity contribution in [2.75, 3.05) is 12.4 Å². The van der Waals surface area contributed by atoms with Crippen LogP contribution < -0.4 is 14.8 Å². The normalized spacial score (nSPS) is 11.1. The third-order valence-electron chi connectivity index (χ3n) is 6.03. The van der Waals surface area contributed by atoms with Crippen molar-refractivity contribution in [1.29, 1.82) is 0 Å². The molecule has 0 spiro atoms. The third kappa shape index (κ3) is 4.87. The summed E-state index contributed by atoms with van der Waals surface area (Å²) in [6, 6.07) is 19.7. The molecule has 0 radical (unpaired) electrons. The molecule has 0 aliphatic rings. The van der Waals surface area contributed by atoms with Crippen molar-refractivity contribution in [1.82, 2.24) is 20.2 Å². The number of rotatable bonds is 6. The highest BCUT2D eigenvalue weighted by Gasteiger charge is 2.16. The smallest absolute Gasteiger partial charge is 0.161 e. The zero-order chi connectivity index (χ0) is 26.9. The standard InChI is InChI=1S/C29H18ClF2N5O2/c1-38-20-12-25-28(34-15-20)26(10-11-33-25)39-19-8-6-18(7-9-19)35-29-22-14-24(32)23(31)13-21(22)27(36-37-29)16-2-4-17(30)5-3-16/h2-15H,1H3,(H,35,37). The summed E-state index contributed by atoms with van der Waals surface area (Å²) in [7, 11) is 1.57. The predicted octanol–water partition coefficient (Wildman–Crippen LogP) is 7.72. The Hall–Kier alpha value is -4.89. The van der Waals surface area contributed by atoms with Gasteiger partial charge >= 0.3 is 0 Å². The van der Waals surface area contributed by atoms with Gasteiger partial charge in [0.05, 0.1) is 18.8 Å². The van der Waals surface area contributed by atoms with E-state index in [0.29, 0.717) is 61.0 Å². The SMILES string of the molecule is COc1cnc2c(Oc3ccc(Nc4nnc(-c5ccc(Cl)cc5)c5cc(F)c(F)cc45)cc3)ccnc2c1. The summed E-state index contributed by atoms with van der Waals surface area (Å²) in [5.74, 6) is 0.00814. The third-order valence-corrected chi connectivity index (χ3v) is 6.29. The summed E-state index contributed by atoms with van der Waals surface area (Å²) in [5, 5.41) is 13.0. The number of methoxy groups -OCH3 is 1. The molecule has 0 saturated heterocycles. The zero-order valence-electron chi connectivity index (χ0n) is 20.3. The van der Waals surface area contributed by atoms with Gasteiger partial charge in [-0.25, -0.2) is 13.8 Å². The van der Waals surface area contributed by atoms with Crippen LogP contribution in [0.5, 0.6) is 17.2 Å². The molecule has 0 saturated carbocycles. The molecule has 3 heterocycles. The van der Waals surface area contributed by atoms with E-state index in [1.165, 1.54) is 0 Å². The van der Waals surface area contributed by atoms with Gasteiger partial charge in [0.2, 0.25) is 0 Å². The van der Waals surface area contributed by atoms with Gasteiger partial charge in [-0.1, -0.05) is 23.7 Å². The van der Waals surface area contributed by atoms with Crippen LogP contribution in [-0.4, -0.2) is 27.3 Å². The van der Waals surface area contributed by atoms with E-state index in [4.69, 9.17) is 21.1 Å². The average Bonchev–Trinajstić information content (AvgIpc) is 2.95. The van der Waals surface area contributed by atoms with Gasteiger partial charge in [-0.05, 0) is 48.5 Å². The molecule has 3 aromatic heterocycles. The Morgan fingerprint density at radius 2 is 1.54 bits per heavy atom. The summed E-state index contributed by atoms with van der Waals surface area (Å²) < 4.78 is 39.8. The second kappa shape index (κ2) is 10.1. The number of hydrogen-bond donors (Lipinski definition) is 1. The molecule has 0 bridgehead atoms. The molecular formula is C29H18ClF2N5O2. The number of pyridine rings is 2. The van der Waals surface area contributed by atoms with E-state index in [1.54, 1.807) is 80.2 Å². The Labute approximate surface area is 226 Å². The molecule has 39 heavy (non-hydrogen) atoms. The fraction of sp³-hybridized carbons (Fsp3) is 0.0345. The van der Waals surface area contributed by atoms with Crippen LogP contribution in [0.15, 0.2) is 85.2 Å². The number of halogens is 3. The first kappa shape index (κ1) is 24.4.